The van der Waals surface area contributed by atoms with Gasteiger partial charge in [0.25, 0.3) is 0 Å². The highest BCUT2D eigenvalue weighted by atomic mass is 16.2. The van der Waals surface area contributed by atoms with Crippen LogP contribution in [0.4, 0.5) is 5.69 Å². The Hall–Kier alpha value is -2.17. The van der Waals surface area contributed by atoms with Crippen molar-refractivity contribution < 1.29 is 4.79 Å². The van der Waals surface area contributed by atoms with Gasteiger partial charge in [-0.2, -0.15) is 0 Å². The number of nitrogens with zero attached hydrogens (tertiary/aromatic N) is 4. The Balaban J connectivity index is 1.91. The molecular formula is C17H22N4O. The molecule has 1 aliphatic heterocycles. The topological polar surface area (TPSA) is 51.0 Å². The molecule has 22 heavy (non-hydrogen) atoms. The number of imidazole rings is 1. The normalized spacial score (nSPS) is 15.2. The molecule has 2 aromatic heterocycles. The summed E-state index contributed by atoms with van der Waals surface area (Å²) in [5.41, 5.74) is 3.08. The van der Waals surface area contributed by atoms with Gasteiger partial charge in [-0.25, -0.2) is 4.98 Å². The number of carbonyl (C=O) groups excluding carboxylic acids is 1. The van der Waals surface area contributed by atoms with Crippen LogP contribution in [0.3, 0.4) is 0 Å². The van der Waals surface area contributed by atoms with Crippen LogP contribution < -0.4 is 4.90 Å². The molecule has 5 nitrogen and oxygen atoms in total. The smallest absolute Gasteiger partial charge is 0.250 e. The second-order valence-corrected chi connectivity index (χ2v) is 6.37. The molecule has 1 amide bonds. The van der Waals surface area contributed by atoms with E-state index in [2.05, 4.69) is 29.9 Å². The van der Waals surface area contributed by atoms with Gasteiger partial charge in [0.1, 0.15) is 6.04 Å². The van der Waals surface area contributed by atoms with E-state index in [1.165, 1.54) is 0 Å². The first-order valence-corrected chi connectivity index (χ1v) is 7.80. The molecule has 0 N–H and O–H groups in total. The second-order valence-electron chi connectivity index (χ2n) is 6.37. The van der Waals surface area contributed by atoms with Crippen molar-refractivity contribution in [3.8, 4) is 0 Å². The molecule has 3 rings (SSSR count). The number of aryl methyl sites for hydroxylation is 1. The number of carbonyl (C=O) groups is 1. The van der Waals surface area contributed by atoms with Crippen molar-refractivity contribution >= 4 is 11.6 Å². The molecule has 116 valence electrons. The van der Waals surface area contributed by atoms with Gasteiger partial charge in [-0.05, 0) is 30.9 Å². The quantitative estimate of drug-likeness (QED) is 0.872. The second kappa shape index (κ2) is 5.91. The fourth-order valence-corrected chi connectivity index (χ4v) is 3.01. The number of pyridine rings is 1. The minimum Gasteiger partial charge on any atom is -0.325 e. The predicted octanol–water partition coefficient (Wildman–Crippen LogP) is 2.76. The van der Waals surface area contributed by atoms with E-state index in [1.807, 2.05) is 28.8 Å². The van der Waals surface area contributed by atoms with E-state index in [1.54, 1.807) is 12.5 Å². The number of amides is 1. The maximum absolute atomic E-state index is 13.1. The summed E-state index contributed by atoms with van der Waals surface area (Å²) in [6.07, 6.45) is 8.84. The highest BCUT2D eigenvalue weighted by Crippen LogP contribution is 2.31. The SMILES string of the molecule is Cc1cnc2c(c1)N(C(=O)C(CC(C)C)n1ccnc1)CC2. The lowest BCUT2D eigenvalue weighted by molar-refractivity contribution is -0.122. The van der Waals surface area contributed by atoms with Gasteiger partial charge in [-0.3, -0.25) is 9.78 Å². The van der Waals surface area contributed by atoms with Gasteiger partial charge in [0.05, 0.1) is 17.7 Å². The fraction of sp³-hybridized carbons (Fsp3) is 0.471. The van der Waals surface area contributed by atoms with Crippen molar-refractivity contribution in [1.29, 1.82) is 0 Å². The Kier molecular flexibility index (Phi) is 3.96. The Morgan fingerprint density at radius 1 is 1.41 bits per heavy atom. The maximum Gasteiger partial charge on any atom is 0.250 e. The van der Waals surface area contributed by atoms with E-state index in [0.29, 0.717) is 12.5 Å². The fourth-order valence-electron chi connectivity index (χ4n) is 3.01. The van der Waals surface area contributed by atoms with Crippen LogP contribution in [0.25, 0.3) is 0 Å². The molecule has 1 aliphatic rings. The molecule has 0 bridgehead atoms. The molecule has 1 atom stereocenters. The average Bonchev–Trinajstić information content (AvgIpc) is 3.12. The average molecular weight is 298 g/mol. The molecule has 1 unspecified atom stereocenters. The molecule has 0 aliphatic carbocycles. The maximum atomic E-state index is 13.1. The van der Waals surface area contributed by atoms with Gasteiger partial charge >= 0.3 is 0 Å². The Bertz CT molecular complexity index is 663. The molecule has 3 heterocycles. The lowest BCUT2D eigenvalue weighted by atomic mass is 10.0. The van der Waals surface area contributed by atoms with Crippen LogP contribution in [0.2, 0.25) is 0 Å². The summed E-state index contributed by atoms with van der Waals surface area (Å²) >= 11 is 0. The molecule has 0 spiro atoms. The highest BCUT2D eigenvalue weighted by molar-refractivity contribution is 5.97. The number of rotatable bonds is 4. The summed E-state index contributed by atoms with van der Waals surface area (Å²) in [7, 11) is 0. The first-order valence-electron chi connectivity index (χ1n) is 7.80. The van der Waals surface area contributed by atoms with Crippen LogP contribution in [0.1, 0.15) is 37.6 Å². The van der Waals surface area contributed by atoms with Crippen LogP contribution >= 0.6 is 0 Å². The van der Waals surface area contributed by atoms with Gasteiger partial charge in [-0.15, -0.1) is 0 Å². The van der Waals surface area contributed by atoms with Crippen molar-refractivity contribution in [1.82, 2.24) is 14.5 Å². The minimum absolute atomic E-state index is 0.137. The van der Waals surface area contributed by atoms with Crippen LogP contribution in [0, 0.1) is 12.8 Å². The molecular weight excluding hydrogens is 276 g/mol. The molecule has 5 heteroatoms. The van der Waals surface area contributed by atoms with Crippen LogP contribution in [-0.2, 0) is 11.2 Å². The number of anilines is 1. The van der Waals surface area contributed by atoms with E-state index >= 15 is 0 Å². The number of fused-ring (bicyclic) bond motifs is 1. The third-order valence-electron chi connectivity index (χ3n) is 4.08. The van der Waals surface area contributed by atoms with E-state index in [-0.39, 0.29) is 11.9 Å². The zero-order chi connectivity index (χ0) is 15.7. The van der Waals surface area contributed by atoms with E-state index in [9.17, 15) is 4.79 Å². The van der Waals surface area contributed by atoms with Crippen molar-refractivity contribution in [3.63, 3.8) is 0 Å². The summed E-state index contributed by atoms with van der Waals surface area (Å²) in [6.45, 7) is 7.01. The van der Waals surface area contributed by atoms with Crippen molar-refractivity contribution in [3.05, 3.63) is 42.2 Å². The third-order valence-corrected chi connectivity index (χ3v) is 4.08. The van der Waals surface area contributed by atoms with E-state index < -0.39 is 0 Å². The summed E-state index contributed by atoms with van der Waals surface area (Å²) < 4.78 is 1.92. The standard InChI is InChI=1S/C17H22N4O/c1-12(2)8-16(20-7-5-18-11-20)17(22)21-6-4-14-15(21)9-13(3)10-19-14/h5,7,9-12,16H,4,6,8H2,1-3H3. The molecule has 0 fully saturated rings. The van der Waals surface area contributed by atoms with Crippen molar-refractivity contribution in [2.24, 2.45) is 5.92 Å². The first kappa shape index (κ1) is 14.8. The lowest BCUT2D eigenvalue weighted by Crippen LogP contribution is -2.36. The Morgan fingerprint density at radius 3 is 2.91 bits per heavy atom. The summed E-state index contributed by atoms with van der Waals surface area (Å²) in [5.74, 6) is 0.576. The van der Waals surface area contributed by atoms with E-state index in [0.717, 1.165) is 29.8 Å². The third kappa shape index (κ3) is 2.75. The zero-order valence-electron chi connectivity index (χ0n) is 13.4. The van der Waals surface area contributed by atoms with Crippen molar-refractivity contribution in [2.45, 2.75) is 39.7 Å². The molecule has 0 saturated heterocycles. The first-order chi connectivity index (χ1) is 10.6. The minimum atomic E-state index is -0.200. The number of aromatic nitrogens is 3. The van der Waals surface area contributed by atoms with Crippen LogP contribution in [-0.4, -0.2) is 27.0 Å². The summed E-state index contributed by atoms with van der Waals surface area (Å²) in [5, 5.41) is 0. The highest BCUT2D eigenvalue weighted by Gasteiger charge is 2.32. The van der Waals surface area contributed by atoms with E-state index in [4.69, 9.17) is 0 Å². The summed E-state index contributed by atoms with van der Waals surface area (Å²) in [4.78, 5) is 23.6. The van der Waals surface area contributed by atoms with Gasteiger partial charge in [0, 0.05) is 31.6 Å². The molecule has 0 aromatic carbocycles. The molecule has 0 saturated carbocycles. The summed E-state index contributed by atoms with van der Waals surface area (Å²) in [6, 6.07) is 1.86. The van der Waals surface area contributed by atoms with Crippen molar-refractivity contribution in [2.75, 3.05) is 11.4 Å². The van der Waals surface area contributed by atoms with Gasteiger partial charge in [-0.1, -0.05) is 13.8 Å². The van der Waals surface area contributed by atoms with Gasteiger partial charge in [0.2, 0.25) is 5.91 Å². The monoisotopic (exact) mass is 298 g/mol. The Labute approximate surface area is 131 Å². The van der Waals surface area contributed by atoms with Crippen LogP contribution in [0.5, 0.6) is 0 Å². The number of hydrogen-bond acceptors (Lipinski definition) is 3. The predicted molar refractivity (Wildman–Crippen MR) is 85.8 cm³/mol. The van der Waals surface area contributed by atoms with Gasteiger partial charge < -0.3 is 9.47 Å². The lowest BCUT2D eigenvalue weighted by Gasteiger charge is -2.26. The molecule has 0 radical (unpaired) electrons. The zero-order valence-corrected chi connectivity index (χ0v) is 13.4. The van der Waals surface area contributed by atoms with Gasteiger partial charge in [0.15, 0.2) is 0 Å². The van der Waals surface area contributed by atoms with Crippen LogP contribution in [0.15, 0.2) is 31.0 Å². The Morgan fingerprint density at radius 2 is 2.23 bits per heavy atom. The largest absolute Gasteiger partial charge is 0.325 e. The number of hydrogen-bond donors (Lipinski definition) is 0. The molecule has 2 aromatic rings.